The molecule has 0 saturated heterocycles. The summed E-state index contributed by atoms with van der Waals surface area (Å²) in [5.74, 6) is -0.591. The molecule has 5 heteroatoms. The number of hydrogen-bond donors (Lipinski definition) is 0. The molecule has 1 unspecified atom stereocenters. The summed E-state index contributed by atoms with van der Waals surface area (Å²) >= 11 is 0. The minimum Gasteiger partial charge on any atom is -0.300 e. The normalized spacial score (nSPS) is 18.0. The first-order valence-electron chi connectivity index (χ1n) is 6.93. The zero-order valence-corrected chi connectivity index (χ0v) is 11.8. The summed E-state index contributed by atoms with van der Waals surface area (Å²) in [6, 6.07) is 7.22. The Hall–Kier alpha value is -1.80. The van der Waals surface area contributed by atoms with Crippen LogP contribution in [0.1, 0.15) is 30.4 Å². The number of benzene rings is 1. The monoisotopic (exact) mass is 294 g/mol. The lowest BCUT2D eigenvalue weighted by Gasteiger charge is -2.27. The van der Waals surface area contributed by atoms with E-state index in [9.17, 15) is 18.4 Å². The highest BCUT2D eigenvalue weighted by molar-refractivity contribution is 5.39. The second-order valence-electron chi connectivity index (χ2n) is 5.11. The van der Waals surface area contributed by atoms with Gasteiger partial charge < -0.3 is 0 Å². The van der Waals surface area contributed by atoms with Crippen molar-refractivity contribution in [3.8, 4) is 6.07 Å². The number of nitrogens with zero attached hydrogens (tertiary/aromatic N) is 2. The molecule has 1 aromatic rings. The Balaban J connectivity index is 2.27. The number of likely N-dealkylation sites (N-methyl/N-ethyl adjacent to an activating group) is 1. The molecule has 2 nitrogen and oxygen atoms in total. The lowest BCUT2D eigenvalue weighted by atomic mass is 9.88. The van der Waals surface area contributed by atoms with E-state index in [4.69, 9.17) is 0 Å². The molecule has 1 atom stereocenters. The van der Waals surface area contributed by atoms with Crippen LogP contribution >= 0.6 is 0 Å². The van der Waals surface area contributed by atoms with Crippen LogP contribution in [0.25, 0.3) is 0 Å². The Bertz CT molecular complexity index is 570. The summed E-state index contributed by atoms with van der Waals surface area (Å²) in [5.41, 5.74) is 0.636. The van der Waals surface area contributed by atoms with E-state index >= 15 is 0 Å². The fraction of sp³-hybridized carbons (Fsp3) is 0.438. The van der Waals surface area contributed by atoms with E-state index in [-0.39, 0.29) is 0 Å². The Morgan fingerprint density at radius 3 is 2.67 bits per heavy atom. The van der Waals surface area contributed by atoms with E-state index in [1.807, 2.05) is 6.08 Å². The second kappa shape index (κ2) is 6.31. The fourth-order valence-electron chi connectivity index (χ4n) is 2.54. The van der Waals surface area contributed by atoms with Gasteiger partial charge in [0, 0.05) is 13.1 Å². The van der Waals surface area contributed by atoms with E-state index in [1.165, 1.54) is 6.07 Å². The average Bonchev–Trinajstić information content (AvgIpc) is 2.48. The van der Waals surface area contributed by atoms with Gasteiger partial charge in [-0.05, 0) is 24.6 Å². The molecule has 0 aromatic heterocycles. The molecule has 0 N–H and O–H groups in total. The minimum atomic E-state index is -4.38. The number of hydrogen-bond acceptors (Lipinski definition) is 2. The van der Waals surface area contributed by atoms with Crippen LogP contribution in [0, 0.1) is 11.3 Å². The average molecular weight is 294 g/mol. The van der Waals surface area contributed by atoms with E-state index in [1.54, 1.807) is 6.07 Å². The van der Waals surface area contributed by atoms with E-state index in [0.29, 0.717) is 5.56 Å². The van der Waals surface area contributed by atoms with Crippen molar-refractivity contribution >= 4 is 0 Å². The van der Waals surface area contributed by atoms with Crippen LogP contribution in [-0.2, 0) is 6.18 Å². The van der Waals surface area contributed by atoms with Gasteiger partial charge in [-0.1, -0.05) is 36.8 Å². The molecular weight excluding hydrogens is 277 g/mol. The maximum atomic E-state index is 12.8. The van der Waals surface area contributed by atoms with Crippen molar-refractivity contribution in [2.75, 3.05) is 19.6 Å². The lowest BCUT2D eigenvalue weighted by molar-refractivity contribution is -0.137. The predicted octanol–water partition coefficient (Wildman–Crippen LogP) is 3.96. The maximum Gasteiger partial charge on any atom is 0.416 e. The van der Waals surface area contributed by atoms with Gasteiger partial charge in [-0.25, -0.2) is 0 Å². The minimum absolute atomic E-state index is 0.420. The van der Waals surface area contributed by atoms with Crippen LogP contribution in [-0.4, -0.2) is 24.5 Å². The van der Waals surface area contributed by atoms with Crippen molar-refractivity contribution in [3.63, 3.8) is 0 Å². The van der Waals surface area contributed by atoms with E-state index in [2.05, 4.69) is 17.9 Å². The zero-order valence-electron chi connectivity index (χ0n) is 11.8. The van der Waals surface area contributed by atoms with Crippen LogP contribution in [0.4, 0.5) is 13.2 Å². The van der Waals surface area contributed by atoms with Gasteiger partial charge in [0.2, 0.25) is 0 Å². The van der Waals surface area contributed by atoms with Crippen molar-refractivity contribution in [1.29, 1.82) is 5.26 Å². The van der Waals surface area contributed by atoms with Gasteiger partial charge in [0.25, 0.3) is 0 Å². The third kappa shape index (κ3) is 3.64. The summed E-state index contributed by atoms with van der Waals surface area (Å²) in [6.07, 6.45) is -1.68. The van der Waals surface area contributed by atoms with Crippen molar-refractivity contribution in [1.82, 2.24) is 4.90 Å². The smallest absolute Gasteiger partial charge is 0.300 e. The number of nitriles is 1. The van der Waals surface area contributed by atoms with E-state index in [0.717, 1.165) is 43.8 Å². The summed E-state index contributed by atoms with van der Waals surface area (Å²) in [4.78, 5) is 2.23. The standard InChI is InChI=1S/C16H17F3N2/c1-2-21-8-6-12(7-9-21)15(11-20)13-4-3-5-14(10-13)16(17,18)19/h3-6,10,15H,2,7-9H2,1H3. The first-order valence-corrected chi connectivity index (χ1v) is 6.93. The molecule has 0 spiro atoms. The van der Waals surface area contributed by atoms with Crippen LogP contribution in [0.5, 0.6) is 0 Å². The molecular formula is C16H17F3N2. The van der Waals surface area contributed by atoms with Crippen molar-refractivity contribution in [2.45, 2.75) is 25.4 Å². The van der Waals surface area contributed by atoms with Gasteiger partial charge in [0.1, 0.15) is 0 Å². The van der Waals surface area contributed by atoms with Gasteiger partial charge in [0.15, 0.2) is 0 Å². The molecule has 21 heavy (non-hydrogen) atoms. The third-order valence-corrected chi connectivity index (χ3v) is 3.82. The molecule has 1 aliphatic rings. The van der Waals surface area contributed by atoms with Gasteiger partial charge in [-0.3, -0.25) is 4.90 Å². The lowest BCUT2D eigenvalue weighted by Crippen LogP contribution is -2.29. The summed E-state index contributed by atoms with van der Waals surface area (Å²) in [7, 11) is 0. The molecule has 0 radical (unpaired) electrons. The molecule has 1 aliphatic heterocycles. The maximum absolute atomic E-state index is 12.8. The first-order chi connectivity index (χ1) is 9.95. The number of alkyl halides is 3. The van der Waals surface area contributed by atoms with Crippen molar-refractivity contribution in [2.24, 2.45) is 0 Å². The SMILES string of the molecule is CCN1CC=C(C(C#N)c2cccc(C(F)(F)F)c2)CC1. The Morgan fingerprint density at radius 1 is 1.38 bits per heavy atom. The molecule has 0 aliphatic carbocycles. The van der Waals surface area contributed by atoms with Crippen molar-refractivity contribution < 1.29 is 13.2 Å². The number of rotatable bonds is 3. The van der Waals surface area contributed by atoms with Crippen LogP contribution in [0.3, 0.4) is 0 Å². The van der Waals surface area contributed by atoms with Crippen molar-refractivity contribution in [3.05, 3.63) is 47.0 Å². The van der Waals surface area contributed by atoms with Gasteiger partial charge in [-0.15, -0.1) is 0 Å². The molecule has 1 heterocycles. The summed E-state index contributed by atoms with van der Waals surface area (Å²) < 4.78 is 38.3. The van der Waals surface area contributed by atoms with E-state index < -0.39 is 17.7 Å². The Kier molecular flexibility index (Phi) is 4.69. The highest BCUT2D eigenvalue weighted by atomic mass is 19.4. The van der Waals surface area contributed by atoms with Crippen LogP contribution in [0.15, 0.2) is 35.9 Å². The zero-order chi connectivity index (χ0) is 15.5. The van der Waals surface area contributed by atoms with Gasteiger partial charge in [0.05, 0.1) is 17.6 Å². The summed E-state index contributed by atoms with van der Waals surface area (Å²) in [6.45, 7) is 4.60. The highest BCUT2D eigenvalue weighted by Gasteiger charge is 2.31. The van der Waals surface area contributed by atoms with Gasteiger partial charge in [-0.2, -0.15) is 18.4 Å². The molecule has 0 amide bonds. The quantitative estimate of drug-likeness (QED) is 0.789. The topological polar surface area (TPSA) is 27.0 Å². The molecule has 0 bridgehead atoms. The molecule has 112 valence electrons. The van der Waals surface area contributed by atoms with Gasteiger partial charge >= 0.3 is 6.18 Å². The number of halogens is 3. The van der Waals surface area contributed by atoms with Crippen LogP contribution < -0.4 is 0 Å². The first kappa shape index (κ1) is 15.6. The largest absolute Gasteiger partial charge is 0.416 e. The highest BCUT2D eigenvalue weighted by Crippen LogP contribution is 2.34. The second-order valence-corrected chi connectivity index (χ2v) is 5.11. The summed E-state index contributed by atoms with van der Waals surface area (Å²) in [5, 5.41) is 9.36. The fourth-order valence-corrected chi connectivity index (χ4v) is 2.54. The predicted molar refractivity (Wildman–Crippen MR) is 74.6 cm³/mol. The Morgan fingerprint density at radius 2 is 2.14 bits per heavy atom. The molecule has 1 aromatic carbocycles. The van der Waals surface area contributed by atoms with Crippen LogP contribution in [0.2, 0.25) is 0 Å². The Labute approximate surface area is 122 Å². The molecule has 0 saturated carbocycles. The molecule has 2 rings (SSSR count). The molecule has 0 fully saturated rings. The third-order valence-electron chi connectivity index (χ3n) is 3.82.